The second-order valence-electron chi connectivity index (χ2n) is 7.41. The summed E-state index contributed by atoms with van der Waals surface area (Å²) in [5.74, 6) is 1.00. The van der Waals surface area contributed by atoms with Crippen LogP contribution in [0.4, 0.5) is 30.8 Å². The molecule has 12 heteroatoms. The standard InChI is InChI=1S/C20H15F3N8O/c21-20(22,23)15-3-1-2-14(27-15)17-29-18(26-10-4-5-25-11(6-10)7-24)31-19(30-17)28-16-12-8-32-9-13(12)16/h1-6,12-13,16H,8-9H2,(H2,25,26,28,29,30,31). The van der Waals surface area contributed by atoms with Crippen LogP contribution >= 0.6 is 0 Å². The number of aromatic nitrogens is 5. The Kier molecular flexibility index (Phi) is 4.82. The lowest BCUT2D eigenvalue weighted by atomic mass is 10.3. The molecule has 1 aliphatic carbocycles. The van der Waals surface area contributed by atoms with Gasteiger partial charge in [-0.3, -0.25) is 0 Å². The van der Waals surface area contributed by atoms with E-state index in [-0.39, 0.29) is 35.2 Å². The zero-order chi connectivity index (χ0) is 22.3. The van der Waals surface area contributed by atoms with Gasteiger partial charge in [0.25, 0.3) is 0 Å². The van der Waals surface area contributed by atoms with Gasteiger partial charge >= 0.3 is 6.18 Å². The lowest BCUT2D eigenvalue weighted by Gasteiger charge is -2.12. The summed E-state index contributed by atoms with van der Waals surface area (Å²) in [5, 5.41) is 15.2. The summed E-state index contributed by atoms with van der Waals surface area (Å²) in [5.41, 5.74) is -0.400. The molecular formula is C20H15F3N8O. The third kappa shape index (κ3) is 4.02. The van der Waals surface area contributed by atoms with Crippen molar-refractivity contribution in [3.8, 4) is 17.6 Å². The highest BCUT2D eigenvalue weighted by Gasteiger charge is 2.54. The average molecular weight is 440 g/mol. The quantitative estimate of drug-likeness (QED) is 0.616. The minimum atomic E-state index is -4.60. The molecule has 2 N–H and O–H groups in total. The summed E-state index contributed by atoms with van der Waals surface area (Å²) >= 11 is 0. The molecule has 0 amide bonds. The topological polar surface area (TPSA) is 122 Å². The van der Waals surface area contributed by atoms with Crippen molar-refractivity contribution in [1.82, 2.24) is 24.9 Å². The summed E-state index contributed by atoms with van der Waals surface area (Å²) < 4.78 is 44.8. The highest BCUT2D eigenvalue weighted by Crippen LogP contribution is 2.45. The van der Waals surface area contributed by atoms with E-state index in [1.54, 1.807) is 6.07 Å². The number of halogens is 3. The number of rotatable bonds is 5. The molecule has 3 aromatic rings. The van der Waals surface area contributed by atoms with E-state index >= 15 is 0 Å². The van der Waals surface area contributed by atoms with Crippen molar-refractivity contribution in [3.63, 3.8) is 0 Å². The number of ether oxygens (including phenoxy) is 1. The molecule has 0 bridgehead atoms. The lowest BCUT2D eigenvalue weighted by molar-refractivity contribution is -0.141. The molecule has 162 valence electrons. The minimum Gasteiger partial charge on any atom is -0.381 e. The van der Waals surface area contributed by atoms with Gasteiger partial charge in [-0.05, 0) is 24.3 Å². The number of hydrogen-bond donors (Lipinski definition) is 2. The van der Waals surface area contributed by atoms with Crippen LogP contribution < -0.4 is 10.6 Å². The van der Waals surface area contributed by atoms with Crippen molar-refractivity contribution in [2.75, 3.05) is 23.8 Å². The number of hydrogen-bond acceptors (Lipinski definition) is 9. The number of pyridine rings is 2. The van der Waals surface area contributed by atoms with E-state index in [1.165, 1.54) is 24.4 Å². The lowest BCUT2D eigenvalue weighted by Crippen LogP contribution is -2.16. The normalized spacial score (nSPS) is 21.5. The molecular weight excluding hydrogens is 425 g/mol. The largest absolute Gasteiger partial charge is 0.433 e. The van der Waals surface area contributed by atoms with Gasteiger partial charge in [0.15, 0.2) is 5.82 Å². The summed E-state index contributed by atoms with van der Waals surface area (Å²) in [4.78, 5) is 20.5. The molecule has 1 aliphatic heterocycles. The number of fused-ring (bicyclic) bond motifs is 1. The monoisotopic (exact) mass is 440 g/mol. The average Bonchev–Trinajstić information content (AvgIpc) is 3.18. The first-order valence-electron chi connectivity index (χ1n) is 9.69. The summed E-state index contributed by atoms with van der Waals surface area (Å²) in [6.45, 7) is 1.29. The predicted molar refractivity (Wildman–Crippen MR) is 106 cm³/mol. The summed E-state index contributed by atoms with van der Waals surface area (Å²) in [6, 6.07) is 8.72. The zero-order valence-electron chi connectivity index (χ0n) is 16.3. The van der Waals surface area contributed by atoms with E-state index in [0.29, 0.717) is 30.7 Å². The van der Waals surface area contributed by atoms with Gasteiger partial charge in [0.1, 0.15) is 23.2 Å². The second kappa shape index (κ2) is 7.69. The second-order valence-corrected chi connectivity index (χ2v) is 7.41. The van der Waals surface area contributed by atoms with Gasteiger partial charge in [-0.2, -0.15) is 33.4 Å². The maximum absolute atomic E-state index is 13.1. The molecule has 9 nitrogen and oxygen atoms in total. The van der Waals surface area contributed by atoms with Crippen LogP contribution in [0, 0.1) is 23.2 Å². The molecule has 2 fully saturated rings. The minimum absolute atomic E-state index is 0.0206. The van der Waals surface area contributed by atoms with Crippen molar-refractivity contribution in [3.05, 3.63) is 47.9 Å². The fourth-order valence-corrected chi connectivity index (χ4v) is 3.63. The van der Waals surface area contributed by atoms with Crippen LogP contribution in [0.1, 0.15) is 11.4 Å². The van der Waals surface area contributed by atoms with E-state index in [1.807, 2.05) is 6.07 Å². The summed E-state index contributed by atoms with van der Waals surface area (Å²) in [7, 11) is 0. The van der Waals surface area contributed by atoms with E-state index in [0.717, 1.165) is 6.07 Å². The Bertz CT molecular complexity index is 1200. The first-order valence-corrected chi connectivity index (χ1v) is 9.69. The van der Waals surface area contributed by atoms with Crippen molar-refractivity contribution in [2.45, 2.75) is 12.2 Å². The van der Waals surface area contributed by atoms with Crippen LogP contribution in [0.3, 0.4) is 0 Å². The van der Waals surface area contributed by atoms with Gasteiger partial charge in [0.2, 0.25) is 11.9 Å². The van der Waals surface area contributed by atoms with Crippen LogP contribution in [0.25, 0.3) is 11.5 Å². The highest BCUT2D eigenvalue weighted by molar-refractivity contribution is 5.59. The first-order chi connectivity index (χ1) is 15.4. The first kappa shape index (κ1) is 20.1. The Labute approximate surface area is 179 Å². The van der Waals surface area contributed by atoms with Crippen LogP contribution in [-0.4, -0.2) is 44.2 Å². The van der Waals surface area contributed by atoms with Crippen molar-refractivity contribution in [2.24, 2.45) is 11.8 Å². The third-order valence-corrected chi connectivity index (χ3v) is 5.28. The van der Waals surface area contributed by atoms with Gasteiger partial charge in [0.05, 0.1) is 13.2 Å². The maximum atomic E-state index is 13.1. The van der Waals surface area contributed by atoms with Crippen LogP contribution in [-0.2, 0) is 10.9 Å². The molecule has 0 radical (unpaired) electrons. The van der Waals surface area contributed by atoms with Crippen LogP contribution in [0.2, 0.25) is 0 Å². The molecule has 0 aromatic carbocycles. The fourth-order valence-electron chi connectivity index (χ4n) is 3.63. The van der Waals surface area contributed by atoms with Gasteiger partial charge in [-0.25, -0.2) is 9.97 Å². The molecule has 2 aliphatic rings. The molecule has 1 saturated heterocycles. The van der Waals surface area contributed by atoms with Gasteiger partial charge in [-0.15, -0.1) is 0 Å². The van der Waals surface area contributed by atoms with Crippen molar-refractivity contribution < 1.29 is 17.9 Å². The van der Waals surface area contributed by atoms with Gasteiger partial charge in [0, 0.05) is 29.8 Å². The van der Waals surface area contributed by atoms with Crippen molar-refractivity contribution in [1.29, 1.82) is 5.26 Å². The number of nitrogens with zero attached hydrogens (tertiary/aromatic N) is 6. The molecule has 2 atom stereocenters. The Morgan fingerprint density at radius 3 is 2.56 bits per heavy atom. The van der Waals surface area contributed by atoms with E-state index in [9.17, 15) is 13.2 Å². The van der Waals surface area contributed by atoms with Crippen LogP contribution in [0.15, 0.2) is 36.5 Å². The molecule has 0 spiro atoms. The van der Waals surface area contributed by atoms with Crippen molar-refractivity contribution >= 4 is 17.6 Å². The van der Waals surface area contributed by atoms with E-state index in [2.05, 4.69) is 35.6 Å². The van der Waals surface area contributed by atoms with Gasteiger partial charge < -0.3 is 15.4 Å². The van der Waals surface area contributed by atoms with E-state index in [4.69, 9.17) is 10.00 Å². The predicted octanol–water partition coefficient (Wildman–Crippen LogP) is 3.02. The maximum Gasteiger partial charge on any atom is 0.433 e. The molecule has 3 aromatic heterocycles. The highest BCUT2D eigenvalue weighted by atomic mass is 19.4. The Morgan fingerprint density at radius 2 is 1.81 bits per heavy atom. The number of nitrogens with one attached hydrogen (secondary N) is 2. The molecule has 4 heterocycles. The Hall–Kier alpha value is -3.85. The SMILES string of the molecule is N#Cc1cc(Nc2nc(NC3C4COCC43)nc(-c3cccc(C(F)(F)F)n3)n2)ccn1. The number of anilines is 3. The number of alkyl halides is 3. The zero-order valence-corrected chi connectivity index (χ0v) is 16.3. The Balaban J connectivity index is 1.50. The summed E-state index contributed by atoms with van der Waals surface area (Å²) in [6.07, 6.45) is -3.15. The molecule has 5 rings (SSSR count). The van der Waals surface area contributed by atoms with Gasteiger partial charge in [-0.1, -0.05) is 6.07 Å². The smallest absolute Gasteiger partial charge is 0.381 e. The van der Waals surface area contributed by atoms with E-state index < -0.39 is 11.9 Å². The Morgan fingerprint density at radius 1 is 1.03 bits per heavy atom. The third-order valence-electron chi connectivity index (χ3n) is 5.28. The number of nitriles is 1. The fraction of sp³-hybridized carbons (Fsp3) is 0.300. The molecule has 32 heavy (non-hydrogen) atoms. The molecule has 1 saturated carbocycles. The van der Waals surface area contributed by atoms with Crippen LogP contribution in [0.5, 0.6) is 0 Å². The molecule has 2 unspecified atom stereocenters.